The van der Waals surface area contributed by atoms with Crippen LogP contribution in [0, 0.1) is 0 Å². The molecule has 4 rings (SSSR count). The molecule has 0 bridgehead atoms. The first-order valence-corrected chi connectivity index (χ1v) is 8.84. The summed E-state index contributed by atoms with van der Waals surface area (Å²) in [6.07, 6.45) is 5.20. The molecule has 0 aliphatic carbocycles. The summed E-state index contributed by atoms with van der Waals surface area (Å²) in [7, 11) is 4.05. The lowest BCUT2D eigenvalue weighted by Gasteiger charge is -2.23. The smallest absolute Gasteiger partial charge is 0.243 e. The Morgan fingerprint density at radius 2 is 1.77 bits per heavy atom. The molecule has 6 nitrogen and oxygen atoms in total. The van der Waals surface area contributed by atoms with Gasteiger partial charge in [0.15, 0.2) is 5.52 Å². The third kappa shape index (κ3) is 3.46. The van der Waals surface area contributed by atoms with Crippen LogP contribution >= 0.6 is 0 Å². The molecular formula is C20H22N4O2. The Kier molecular flexibility index (Phi) is 4.67. The molecule has 1 fully saturated rings. The van der Waals surface area contributed by atoms with Crippen LogP contribution in [0.25, 0.3) is 22.3 Å². The van der Waals surface area contributed by atoms with Crippen molar-refractivity contribution in [1.29, 1.82) is 0 Å². The van der Waals surface area contributed by atoms with E-state index in [1.165, 1.54) is 0 Å². The summed E-state index contributed by atoms with van der Waals surface area (Å²) < 4.78 is 11.6. The van der Waals surface area contributed by atoms with Gasteiger partial charge in [-0.1, -0.05) is 12.1 Å². The summed E-state index contributed by atoms with van der Waals surface area (Å²) in [5.74, 6) is 0.550. The monoisotopic (exact) mass is 350 g/mol. The molecule has 26 heavy (non-hydrogen) atoms. The fourth-order valence-corrected chi connectivity index (χ4v) is 3.06. The lowest BCUT2D eigenvalue weighted by Crippen LogP contribution is -2.26. The second-order valence-electron chi connectivity index (χ2n) is 6.61. The Bertz CT molecular complexity index is 890. The second-order valence-corrected chi connectivity index (χ2v) is 6.61. The number of fused-ring (bicyclic) bond motifs is 1. The van der Waals surface area contributed by atoms with Gasteiger partial charge in [-0.2, -0.15) is 0 Å². The summed E-state index contributed by atoms with van der Waals surface area (Å²) in [4.78, 5) is 15.7. The van der Waals surface area contributed by atoms with E-state index in [1.54, 1.807) is 12.4 Å². The van der Waals surface area contributed by atoms with Gasteiger partial charge in [-0.3, -0.25) is 4.98 Å². The maximum Gasteiger partial charge on any atom is 0.243 e. The number of benzene rings is 1. The van der Waals surface area contributed by atoms with Gasteiger partial charge < -0.3 is 14.4 Å². The maximum atomic E-state index is 6.19. The van der Waals surface area contributed by atoms with Crippen LogP contribution in [0.5, 0.6) is 5.88 Å². The van der Waals surface area contributed by atoms with Gasteiger partial charge in [-0.05, 0) is 18.2 Å². The lowest BCUT2D eigenvalue weighted by molar-refractivity contribution is 0.0244. The van der Waals surface area contributed by atoms with Gasteiger partial charge in [0.1, 0.15) is 6.10 Å². The molecule has 0 spiro atoms. The Morgan fingerprint density at radius 1 is 1.04 bits per heavy atom. The zero-order valence-corrected chi connectivity index (χ0v) is 15.1. The van der Waals surface area contributed by atoms with Gasteiger partial charge in [0.25, 0.3) is 0 Å². The molecule has 1 aliphatic rings. The highest BCUT2D eigenvalue weighted by Crippen LogP contribution is 2.29. The number of pyridine rings is 1. The maximum absolute atomic E-state index is 6.19. The Morgan fingerprint density at radius 3 is 2.50 bits per heavy atom. The highest BCUT2D eigenvalue weighted by atomic mass is 16.5. The highest BCUT2D eigenvalue weighted by molar-refractivity contribution is 5.83. The average Bonchev–Trinajstić information content (AvgIpc) is 2.69. The van der Waals surface area contributed by atoms with Crippen molar-refractivity contribution < 1.29 is 9.47 Å². The van der Waals surface area contributed by atoms with Crippen LogP contribution in [0.4, 0.5) is 5.69 Å². The van der Waals surface area contributed by atoms with Crippen LogP contribution in [0.2, 0.25) is 0 Å². The number of aromatic nitrogens is 3. The molecule has 0 radical (unpaired) electrons. The molecule has 3 heterocycles. The Hall–Kier alpha value is -2.73. The minimum Gasteiger partial charge on any atom is -0.473 e. The molecule has 0 amide bonds. The first-order chi connectivity index (χ1) is 12.7. The van der Waals surface area contributed by atoms with Gasteiger partial charge in [-0.15, -0.1) is 0 Å². The van der Waals surface area contributed by atoms with Crippen LogP contribution in [-0.4, -0.2) is 48.4 Å². The summed E-state index contributed by atoms with van der Waals surface area (Å²) in [5.41, 5.74) is 4.50. The predicted molar refractivity (Wildman–Crippen MR) is 102 cm³/mol. The molecule has 3 aromatic rings. The van der Waals surface area contributed by atoms with Crippen molar-refractivity contribution in [3.05, 3.63) is 42.7 Å². The van der Waals surface area contributed by atoms with E-state index in [4.69, 9.17) is 14.5 Å². The van der Waals surface area contributed by atoms with Gasteiger partial charge in [0.05, 0.1) is 24.4 Å². The van der Waals surface area contributed by atoms with E-state index in [0.717, 1.165) is 48.5 Å². The third-order valence-electron chi connectivity index (χ3n) is 4.55. The normalized spacial score (nSPS) is 15.2. The SMILES string of the molecule is CN(C)c1ccc(-c2cc3nccnc3c(OC3CCOCC3)n2)cc1. The van der Waals surface area contributed by atoms with E-state index in [0.29, 0.717) is 11.4 Å². The third-order valence-corrected chi connectivity index (χ3v) is 4.55. The van der Waals surface area contributed by atoms with Crippen molar-refractivity contribution >= 4 is 16.7 Å². The topological polar surface area (TPSA) is 60.4 Å². The van der Waals surface area contributed by atoms with Crippen LogP contribution in [0.1, 0.15) is 12.8 Å². The van der Waals surface area contributed by atoms with Crippen molar-refractivity contribution in [3.63, 3.8) is 0 Å². The first-order valence-electron chi connectivity index (χ1n) is 8.84. The molecule has 0 N–H and O–H groups in total. The van der Waals surface area contributed by atoms with Crippen LogP contribution in [0.15, 0.2) is 42.7 Å². The second kappa shape index (κ2) is 7.25. The van der Waals surface area contributed by atoms with Crippen LogP contribution in [-0.2, 0) is 4.74 Å². The quantitative estimate of drug-likeness (QED) is 0.719. The van der Waals surface area contributed by atoms with Crippen molar-refractivity contribution in [2.75, 3.05) is 32.2 Å². The molecule has 0 unspecified atom stereocenters. The van der Waals surface area contributed by atoms with E-state index in [-0.39, 0.29) is 6.10 Å². The summed E-state index contributed by atoms with van der Waals surface area (Å²) in [6.45, 7) is 1.44. The van der Waals surface area contributed by atoms with E-state index < -0.39 is 0 Å². The van der Waals surface area contributed by atoms with Gasteiger partial charge in [-0.25, -0.2) is 9.97 Å². The largest absolute Gasteiger partial charge is 0.473 e. The minimum atomic E-state index is 0.104. The summed E-state index contributed by atoms with van der Waals surface area (Å²) in [6, 6.07) is 10.3. The van der Waals surface area contributed by atoms with E-state index in [9.17, 15) is 0 Å². The van der Waals surface area contributed by atoms with Crippen molar-refractivity contribution in [1.82, 2.24) is 15.0 Å². The van der Waals surface area contributed by atoms with Crippen molar-refractivity contribution in [2.45, 2.75) is 18.9 Å². The molecule has 1 aliphatic heterocycles. The average molecular weight is 350 g/mol. The molecule has 134 valence electrons. The number of rotatable bonds is 4. The highest BCUT2D eigenvalue weighted by Gasteiger charge is 2.19. The molecule has 0 saturated carbocycles. The molecule has 6 heteroatoms. The molecule has 0 atom stereocenters. The van der Waals surface area contributed by atoms with Crippen molar-refractivity contribution in [2.24, 2.45) is 0 Å². The Balaban J connectivity index is 1.73. The molecular weight excluding hydrogens is 328 g/mol. The summed E-state index contributed by atoms with van der Waals surface area (Å²) >= 11 is 0. The number of nitrogens with zero attached hydrogens (tertiary/aromatic N) is 4. The number of hydrogen-bond acceptors (Lipinski definition) is 6. The Labute approximate surface area is 152 Å². The fraction of sp³-hybridized carbons (Fsp3) is 0.350. The number of ether oxygens (including phenoxy) is 2. The lowest BCUT2D eigenvalue weighted by atomic mass is 10.1. The van der Waals surface area contributed by atoms with Crippen LogP contribution < -0.4 is 9.64 Å². The number of hydrogen-bond donors (Lipinski definition) is 0. The standard InChI is InChI=1S/C20H22N4O2/c1-24(2)15-5-3-14(4-6-15)17-13-18-19(22-10-9-21-18)20(23-17)26-16-7-11-25-12-8-16/h3-6,9-10,13,16H,7-8,11-12H2,1-2H3. The van der Waals surface area contributed by atoms with E-state index in [1.807, 2.05) is 20.2 Å². The van der Waals surface area contributed by atoms with Crippen molar-refractivity contribution in [3.8, 4) is 17.1 Å². The molecule has 1 saturated heterocycles. The molecule has 1 aromatic carbocycles. The minimum absolute atomic E-state index is 0.104. The van der Waals surface area contributed by atoms with Gasteiger partial charge >= 0.3 is 0 Å². The van der Waals surface area contributed by atoms with E-state index >= 15 is 0 Å². The fourth-order valence-electron chi connectivity index (χ4n) is 3.06. The zero-order chi connectivity index (χ0) is 17.9. The number of anilines is 1. The van der Waals surface area contributed by atoms with Gasteiger partial charge in [0, 0.05) is 50.6 Å². The van der Waals surface area contributed by atoms with Gasteiger partial charge in [0.2, 0.25) is 5.88 Å². The zero-order valence-electron chi connectivity index (χ0n) is 15.1. The van der Waals surface area contributed by atoms with Crippen LogP contribution in [0.3, 0.4) is 0 Å². The molecule has 2 aromatic heterocycles. The first kappa shape index (κ1) is 16.7. The van der Waals surface area contributed by atoms with E-state index in [2.05, 4.69) is 39.1 Å². The summed E-state index contributed by atoms with van der Waals surface area (Å²) in [5, 5.41) is 0. The predicted octanol–water partition coefficient (Wildman–Crippen LogP) is 3.32.